The number of hydrogen-bond acceptors (Lipinski definition) is 3. The van der Waals surface area contributed by atoms with E-state index in [1.165, 1.54) is 12.3 Å². The monoisotopic (exact) mass is 190 g/mol. The van der Waals surface area contributed by atoms with Gasteiger partial charge in [-0.05, 0) is 6.07 Å². The van der Waals surface area contributed by atoms with Crippen LogP contribution in [0.1, 0.15) is 12.6 Å². The Kier molecular flexibility index (Phi) is 3.21. The number of nitriles is 1. The van der Waals surface area contributed by atoms with E-state index in [4.69, 9.17) is 13.1 Å². The number of rotatable bonds is 2. The molecule has 0 aromatic carbocycles. The van der Waals surface area contributed by atoms with Crippen molar-refractivity contribution in [3.63, 3.8) is 0 Å². The van der Waals surface area contributed by atoms with Gasteiger partial charge < -0.3 is 0 Å². The maximum absolute atomic E-state index is 11.4. The van der Waals surface area contributed by atoms with Gasteiger partial charge in [-0.2, -0.15) is 5.26 Å². The Morgan fingerprint density at radius 3 is 3.00 bits per heavy atom. The number of pyridine rings is 1. The van der Waals surface area contributed by atoms with E-state index in [0.717, 1.165) is 0 Å². The third-order valence-corrected chi connectivity index (χ3v) is 2.81. The summed E-state index contributed by atoms with van der Waals surface area (Å²) in [6.07, 6.45) is 1.38. The number of nitrogens with zero attached hydrogens (tertiary/aromatic N) is 2. The van der Waals surface area contributed by atoms with Gasteiger partial charge in [0, 0.05) is 11.9 Å². The molecule has 0 bridgehead atoms. The van der Waals surface area contributed by atoms with Crippen LogP contribution in [0.4, 0.5) is 0 Å². The summed E-state index contributed by atoms with van der Waals surface area (Å²) < 4.78 is 11.4. The zero-order valence-electron chi connectivity index (χ0n) is 7.15. The zero-order valence-corrected chi connectivity index (χ0v) is 7.97. The summed E-state index contributed by atoms with van der Waals surface area (Å²) in [6.45, 7) is 1.78. The van der Waals surface area contributed by atoms with Gasteiger partial charge in [0.1, 0.15) is 13.9 Å². The number of hydrogen-bond donors (Lipinski definition) is 0. The Labute approximate surface area is 80.7 Å². The normalized spacial score (nSPS) is 12.0. The third kappa shape index (κ3) is 2.16. The van der Waals surface area contributed by atoms with Crippen molar-refractivity contribution < 1.29 is 4.21 Å². The molecule has 0 saturated carbocycles. The minimum atomic E-state index is -1.18. The second-order valence-electron chi connectivity index (χ2n) is 2.36. The van der Waals surface area contributed by atoms with Gasteiger partial charge >= 0.3 is 0 Å². The van der Waals surface area contributed by atoms with E-state index in [1.807, 2.05) is 6.07 Å². The van der Waals surface area contributed by atoms with Crippen molar-refractivity contribution in [2.24, 2.45) is 0 Å². The van der Waals surface area contributed by atoms with Crippen molar-refractivity contribution >= 4 is 24.1 Å². The molecule has 0 aliphatic heterocycles. The van der Waals surface area contributed by atoms with Crippen LogP contribution < -0.4 is 5.46 Å². The molecule has 1 unspecified atom stereocenters. The molecular formula is C8H7BN2OS. The molecule has 1 rings (SSSR count). The van der Waals surface area contributed by atoms with E-state index in [0.29, 0.717) is 16.1 Å². The van der Waals surface area contributed by atoms with Crippen molar-refractivity contribution in [3.05, 3.63) is 18.0 Å². The van der Waals surface area contributed by atoms with E-state index in [9.17, 15) is 4.21 Å². The molecule has 1 aromatic rings. The Balaban J connectivity index is 3.25. The minimum absolute atomic E-state index is 0.189. The molecule has 1 aromatic heterocycles. The highest BCUT2D eigenvalue weighted by Crippen LogP contribution is 2.08. The van der Waals surface area contributed by atoms with E-state index in [-0.39, 0.29) is 5.69 Å². The molecule has 5 heteroatoms. The average Bonchev–Trinajstić information content (AvgIpc) is 2.16. The quantitative estimate of drug-likeness (QED) is 0.610. The molecule has 1 atom stereocenters. The number of aromatic nitrogens is 1. The highest BCUT2D eigenvalue weighted by atomic mass is 32.2. The van der Waals surface area contributed by atoms with Gasteiger partial charge in [-0.1, -0.05) is 12.4 Å². The highest BCUT2D eigenvalue weighted by Gasteiger charge is 2.08. The first-order valence-corrected chi connectivity index (χ1v) is 5.05. The van der Waals surface area contributed by atoms with Crippen molar-refractivity contribution in [2.45, 2.75) is 11.8 Å². The summed E-state index contributed by atoms with van der Waals surface area (Å²) in [5.74, 6) is 0.458. The fourth-order valence-electron chi connectivity index (χ4n) is 0.873. The summed E-state index contributed by atoms with van der Waals surface area (Å²) in [7, 11) is 4.29. The second kappa shape index (κ2) is 4.19. The summed E-state index contributed by atoms with van der Waals surface area (Å²) in [5.41, 5.74) is 0.616. The van der Waals surface area contributed by atoms with Crippen molar-refractivity contribution in [1.29, 1.82) is 5.26 Å². The van der Waals surface area contributed by atoms with Gasteiger partial charge in [0.2, 0.25) is 0 Å². The van der Waals surface area contributed by atoms with Crippen LogP contribution in [0.2, 0.25) is 0 Å². The fraction of sp³-hybridized carbons (Fsp3) is 0.250. The van der Waals surface area contributed by atoms with Crippen LogP contribution in [-0.2, 0) is 10.8 Å². The Morgan fingerprint density at radius 2 is 2.46 bits per heavy atom. The molecule has 0 aliphatic carbocycles. The van der Waals surface area contributed by atoms with E-state index in [1.54, 1.807) is 6.92 Å². The van der Waals surface area contributed by atoms with Gasteiger partial charge in [0.05, 0.1) is 15.7 Å². The molecule has 1 heterocycles. The average molecular weight is 190 g/mol. The summed E-state index contributed by atoms with van der Waals surface area (Å²) in [5, 5.41) is 8.67. The molecule has 0 aliphatic rings. The van der Waals surface area contributed by atoms with Crippen LogP contribution in [0.25, 0.3) is 0 Å². The maximum atomic E-state index is 11.4. The standard InChI is InChI=1S/C8H7BN2OS/c1-2-13(12)8-3-6(9)5-11-7(8)4-10/h3,5H,2H2,1H3. The van der Waals surface area contributed by atoms with E-state index < -0.39 is 10.8 Å². The van der Waals surface area contributed by atoms with Crippen LogP contribution >= 0.6 is 0 Å². The van der Waals surface area contributed by atoms with Gasteiger partial charge in [0.15, 0.2) is 5.69 Å². The highest BCUT2D eigenvalue weighted by molar-refractivity contribution is 7.85. The molecule has 3 nitrogen and oxygen atoms in total. The van der Waals surface area contributed by atoms with Gasteiger partial charge in [-0.25, -0.2) is 4.98 Å². The first-order valence-electron chi connectivity index (χ1n) is 3.73. The van der Waals surface area contributed by atoms with Crippen LogP contribution in [0.15, 0.2) is 17.2 Å². The Hall–Kier alpha value is -1.15. The second-order valence-corrected chi connectivity index (χ2v) is 4.07. The maximum Gasteiger partial charge on any atom is 0.156 e. The predicted molar refractivity (Wildman–Crippen MR) is 51.3 cm³/mol. The molecule has 0 spiro atoms. The smallest absolute Gasteiger partial charge is 0.156 e. The third-order valence-electron chi connectivity index (χ3n) is 1.49. The van der Waals surface area contributed by atoms with Crippen LogP contribution in [0.3, 0.4) is 0 Å². The van der Waals surface area contributed by atoms with Gasteiger partial charge in [-0.3, -0.25) is 4.21 Å². The summed E-state index contributed by atoms with van der Waals surface area (Å²) >= 11 is 0. The van der Waals surface area contributed by atoms with Crippen LogP contribution in [0, 0.1) is 11.3 Å². The SMILES string of the molecule is [B]c1cnc(C#N)c(S(=O)CC)c1. The Morgan fingerprint density at radius 1 is 1.77 bits per heavy atom. The Bertz CT molecular complexity index is 386. The van der Waals surface area contributed by atoms with Crippen molar-refractivity contribution in [3.8, 4) is 6.07 Å². The molecule has 64 valence electrons. The molecule has 0 fully saturated rings. The lowest BCUT2D eigenvalue weighted by Gasteiger charge is -2.01. The van der Waals surface area contributed by atoms with E-state index in [2.05, 4.69) is 4.98 Å². The lowest BCUT2D eigenvalue weighted by molar-refractivity contribution is 0.683. The van der Waals surface area contributed by atoms with Crippen LogP contribution in [-0.4, -0.2) is 22.8 Å². The first kappa shape index (κ1) is 9.94. The molecule has 0 amide bonds. The zero-order chi connectivity index (χ0) is 9.84. The summed E-state index contributed by atoms with van der Waals surface area (Å²) in [4.78, 5) is 4.21. The molecule has 0 N–H and O–H groups in total. The minimum Gasteiger partial charge on any atom is -0.254 e. The lowest BCUT2D eigenvalue weighted by Crippen LogP contribution is -2.09. The largest absolute Gasteiger partial charge is 0.254 e. The molecule has 0 saturated heterocycles. The van der Waals surface area contributed by atoms with E-state index >= 15 is 0 Å². The topological polar surface area (TPSA) is 53.8 Å². The predicted octanol–water partition coefficient (Wildman–Crippen LogP) is -0.125. The van der Waals surface area contributed by atoms with Gasteiger partial charge in [0.25, 0.3) is 0 Å². The molecule has 13 heavy (non-hydrogen) atoms. The van der Waals surface area contributed by atoms with Gasteiger partial charge in [-0.15, -0.1) is 0 Å². The first-order chi connectivity index (χ1) is 6.19. The lowest BCUT2D eigenvalue weighted by atomic mass is 9.99. The molecule has 2 radical (unpaired) electrons. The fourth-order valence-corrected chi connectivity index (χ4v) is 1.77. The van der Waals surface area contributed by atoms with Crippen molar-refractivity contribution in [1.82, 2.24) is 4.98 Å². The van der Waals surface area contributed by atoms with Crippen LogP contribution in [0.5, 0.6) is 0 Å². The molecular weight excluding hydrogens is 183 g/mol. The summed E-state index contributed by atoms with van der Waals surface area (Å²) in [6, 6.07) is 3.41. The van der Waals surface area contributed by atoms with Crippen molar-refractivity contribution in [2.75, 3.05) is 5.75 Å².